The van der Waals surface area contributed by atoms with Gasteiger partial charge in [-0.15, -0.1) is 0 Å². The first kappa shape index (κ1) is 23.2. The van der Waals surface area contributed by atoms with Crippen molar-refractivity contribution in [3.63, 3.8) is 0 Å². The van der Waals surface area contributed by atoms with Gasteiger partial charge in [0.25, 0.3) is 0 Å². The highest BCUT2D eigenvalue weighted by Gasteiger charge is 2.26. The van der Waals surface area contributed by atoms with Crippen molar-refractivity contribution in [2.75, 3.05) is 48.3 Å². The van der Waals surface area contributed by atoms with Gasteiger partial charge in [-0.3, -0.25) is 14.5 Å². The summed E-state index contributed by atoms with van der Waals surface area (Å²) in [7, 11) is 0. The average Bonchev–Trinajstić information content (AvgIpc) is 3.10. The molecule has 4 rings (SSSR count). The van der Waals surface area contributed by atoms with E-state index in [0.29, 0.717) is 12.4 Å². The van der Waals surface area contributed by atoms with E-state index < -0.39 is 0 Å². The molecule has 2 amide bonds. The molecule has 0 spiro atoms. The summed E-state index contributed by atoms with van der Waals surface area (Å²) >= 11 is 0. The number of pyridine rings is 1. The van der Waals surface area contributed by atoms with Gasteiger partial charge in [-0.25, -0.2) is 4.98 Å². The van der Waals surface area contributed by atoms with Gasteiger partial charge in [-0.05, 0) is 87.7 Å². The molecule has 1 aromatic heterocycles. The van der Waals surface area contributed by atoms with Gasteiger partial charge in [0.05, 0.1) is 6.54 Å². The van der Waals surface area contributed by atoms with E-state index in [4.69, 9.17) is 0 Å². The molecule has 2 fully saturated rings. The Hall–Kier alpha value is -2.93. The number of piperidine rings is 1. The molecule has 0 bridgehead atoms. The molecule has 1 aromatic carbocycles. The van der Waals surface area contributed by atoms with Gasteiger partial charge in [0, 0.05) is 36.6 Å². The normalized spacial score (nSPS) is 17.9. The second-order valence-electron chi connectivity index (χ2n) is 9.25. The molecule has 2 saturated heterocycles. The minimum absolute atomic E-state index is 0.00983. The Morgan fingerprint density at radius 3 is 2.30 bits per heavy atom. The van der Waals surface area contributed by atoms with E-state index in [0.717, 1.165) is 50.3 Å². The van der Waals surface area contributed by atoms with E-state index in [9.17, 15) is 9.59 Å². The fourth-order valence-corrected chi connectivity index (χ4v) is 4.67. The molecule has 2 aliphatic rings. The number of amides is 2. The second kappa shape index (κ2) is 11.3. The molecule has 176 valence electrons. The zero-order valence-corrected chi connectivity index (χ0v) is 19.6. The predicted molar refractivity (Wildman–Crippen MR) is 133 cm³/mol. The third kappa shape index (κ3) is 6.78. The molecule has 2 aliphatic heterocycles. The van der Waals surface area contributed by atoms with E-state index in [1.165, 1.54) is 31.4 Å². The molecule has 3 heterocycles. The Morgan fingerprint density at radius 2 is 1.64 bits per heavy atom. The average molecular weight is 450 g/mol. The molecule has 0 unspecified atom stereocenters. The number of nitrogens with zero attached hydrogens (tertiary/aromatic N) is 3. The van der Waals surface area contributed by atoms with Crippen LogP contribution >= 0.6 is 0 Å². The van der Waals surface area contributed by atoms with Crippen LogP contribution in [0.2, 0.25) is 0 Å². The van der Waals surface area contributed by atoms with Gasteiger partial charge in [0.2, 0.25) is 11.8 Å². The third-order valence-electron chi connectivity index (χ3n) is 6.61. The zero-order valence-electron chi connectivity index (χ0n) is 19.6. The summed E-state index contributed by atoms with van der Waals surface area (Å²) in [5.41, 5.74) is 3.13. The summed E-state index contributed by atoms with van der Waals surface area (Å²) in [6, 6.07) is 12.0. The van der Waals surface area contributed by atoms with Crippen LogP contribution in [0.5, 0.6) is 0 Å². The Labute approximate surface area is 196 Å². The molecular weight excluding hydrogens is 414 g/mol. The molecule has 7 nitrogen and oxygen atoms in total. The number of likely N-dealkylation sites (tertiary alicyclic amines) is 1. The van der Waals surface area contributed by atoms with E-state index in [-0.39, 0.29) is 17.7 Å². The minimum atomic E-state index is -0.0434. The molecule has 2 N–H and O–H groups in total. The number of nitrogens with one attached hydrogen (secondary N) is 2. The number of rotatable bonds is 6. The van der Waals surface area contributed by atoms with Crippen LogP contribution in [0.3, 0.4) is 0 Å². The largest absolute Gasteiger partial charge is 0.372 e. The molecule has 7 heteroatoms. The molecule has 0 atom stereocenters. The van der Waals surface area contributed by atoms with Crippen molar-refractivity contribution in [3.8, 4) is 0 Å². The summed E-state index contributed by atoms with van der Waals surface area (Å²) in [5, 5.41) is 5.94. The Morgan fingerprint density at radius 1 is 0.939 bits per heavy atom. The molecule has 0 saturated carbocycles. The lowest BCUT2D eigenvalue weighted by atomic mass is 9.96. The van der Waals surface area contributed by atoms with Gasteiger partial charge >= 0.3 is 0 Å². The summed E-state index contributed by atoms with van der Waals surface area (Å²) in [6.45, 7) is 6.02. The fourth-order valence-electron chi connectivity index (χ4n) is 4.67. The Kier molecular flexibility index (Phi) is 7.94. The monoisotopic (exact) mass is 449 g/mol. The minimum Gasteiger partial charge on any atom is -0.372 e. The molecule has 33 heavy (non-hydrogen) atoms. The van der Waals surface area contributed by atoms with Crippen molar-refractivity contribution < 1.29 is 9.59 Å². The van der Waals surface area contributed by atoms with Gasteiger partial charge in [-0.2, -0.15) is 0 Å². The van der Waals surface area contributed by atoms with Crippen LogP contribution in [0.4, 0.5) is 17.2 Å². The lowest BCUT2D eigenvalue weighted by Gasteiger charge is -2.30. The van der Waals surface area contributed by atoms with Crippen LogP contribution < -0.4 is 15.5 Å². The summed E-state index contributed by atoms with van der Waals surface area (Å²) in [5.74, 6) is 0.563. The summed E-state index contributed by atoms with van der Waals surface area (Å²) in [6.07, 6.45) is 8.33. The van der Waals surface area contributed by atoms with Crippen molar-refractivity contribution in [2.24, 2.45) is 5.92 Å². The predicted octanol–water partition coefficient (Wildman–Crippen LogP) is 4.06. The van der Waals surface area contributed by atoms with Crippen molar-refractivity contribution in [2.45, 2.75) is 45.4 Å². The van der Waals surface area contributed by atoms with Crippen molar-refractivity contribution >= 4 is 29.0 Å². The van der Waals surface area contributed by atoms with Crippen molar-refractivity contribution in [1.82, 2.24) is 9.88 Å². The highest BCUT2D eigenvalue weighted by Crippen LogP contribution is 2.22. The molecule has 0 aliphatic carbocycles. The maximum atomic E-state index is 12.6. The molecule has 2 aromatic rings. The summed E-state index contributed by atoms with van der Waals surface area (Å²) in [4.78, 5) is 33.9. The first-order valence-corrected chi connectivity index (χ1v) is 12.2. The molecule has 0 radical (unpaired) electrons. The Balaban J connectivity index is 1.20. The van der Waals surface area contributed by atoms with Crippen LogP contribution in [-0.4, -0.2) is 54.4 Å². The standard InChI is InChI=1S/C26H35N5O2/c1-20-10-13-27-24(18-20)29-26(33)21-11-16-30(17-12-21)19-25(32)28-22-6-8-23(9-7-22)31-14-4-2-3-5-15-31/h6-10,13,18,21H,2-5,11-12,14-17,19H2,1H3,(H,28,32)(H,27,29,33). The highest BCUT2D eigenvalue weighted by molar-refractivity contribution is 5.93. The first-order chi connectivity index (χ1) is 16.1. The van der Waals surface area contributed by atoms with E-state index in [1.54, 1.807) is 6.20 Å². The van der Waals surface area contributed by atoms with Crippen molar-refractivity contribution in [3.05, 3.63) is 48.2 Å². The smallest absolute Gasteiger partial charge is 0.238 e. The Bertz CT molecular complexity index is 930. The zero-order chi connectivity index (χ0) is 23.0. The number of carbonyl (C=O) groups is 2. The van der Waals surface area contributed by atoms with Crippen LogP contribution in [0, 0.1) is 12.8 Å². The van der Waals surface area contributed by atoms with Gasteiger partial charge in [0.15, 0.2) is 0 Å². The highest BCUT2D eigenvalue weighted by atomic mass is 16.2. The quantitative estimate of drug-likeness (QED) is 0.695. The van der Waals surface area contributed by atoms with E-state index in [1.807, 2.05) is 31.2 Å². The number of hydrogen-bond acceptors (Lipinski definition) is 5. The van der Waals surface area contributed by atoms with Crippen LogP contribution in [0.15, 0.2) is 42.6 Å². The third-order valence-corrected chi connectivity index (χ3v) is 6.61. The van der Waals surface area contributed by atoms with Crippen LogP contribution in [0.1, 0.15) is 44.1 Å². The van der Waals surface area contributed by atoms with E-state index in [2.05, 4.69) is 37.6 Å². The maximum Gasteiger partial charge on any atom is 0.238 e. The van der Waals surface area contributed by atoms with Gasteiger partial charge in [0.1, 0.15) is 5.82 Å². The number of aryl methyl sites for hydroxylation is 1. The number of anilines is 3. The fraction of sp³-hybridized carbons (Fsp3) is 0.500. The SMILES string of the molecule is Cc1ccnc(NC(=O)C2CCN(CC(=O)Nc3ccc(N4CCCCCC4)cc3)CC2)c1. The second-order valence-corrected chi connectivity index (χ2v) is 9.25. The van der Waals surface area contributed by atoms with Crippen molar-refractivity contribution in [1.29, 1.82) is 0 Å². The first-order valence-electron chi connectivity index (χ1n) is 12.2. The number of benzene rings is 1. The lowest BCUT2D eigenvalue weighted by Crippen LogP contribution is -2.41. The van der Waals surface area contributed by atoms with Gasteiger partial charge < -0.3 is 15.5 Å². The summed E-state index contributed by atoms with van der Waals surface area (Å²) < 4.78 is 0. The van der Waals surface area contributed by atoms with Crippen LogP contribution in [0.25, 0.3) is 0 Å². The maximum absolute atomic E-state index is 12.6. The molecular formula is C26H35N5O2. The topological polar surface area (TPSA) is 77.6 Å². The van der Waals surface area contributed by atoms with E-state index >= 15 is 0 Å². The van der Waals surface area contributed by atoms with Gasteiger partial charge in [-0.1, -0.05) is 12.8 Å². The number of carbonyl (C=O) groups excluding carboxylic acids is 2. The number of hydrogen-bond donors (Lipinski definition) is 2. The number of aromatic nitrogens is 1. The lowest BCUT2D eigenvalue weighted by molar-refractivity contribution is -0.121. The van der Waals surface area contributed by atoms with Crippen LogP contribution in [-0.2, 0) is 9.59 Å².